The number of carbonyl (C=O) groups is 1. The molecule has 0 saturated carbocycles. The Morgan fingerprint density at radius 1 is 1.16 bits per heavy atom. The van der Waals surface area contributed by atoms with Gasteiger partial charge in [-0.25, -0.2) is 0 Å². The molecular formula is C16H19NOS. The average molecular weight is 273 g/mol. The molecule has 0 aliphatic carbocycles. The Balaban J connectivity index is 1.97. The topological polar surface area (TPSA) is 29.1 Å². The molecule has 19 heavy (non-hydrogen) atoms. The van der Waals surface area contributed by atoms with Gasteiger partial charge in [0.15, 0.2) is 0 Å². The summed E-state index contributed by atoms with van der Waals surface area (Å²) < 4.78 is 0. The quantitative estimate of drug-likeness (QED) is 0.844. The van der Waals surface area contributed by atoms with Crippen molar-refractivity contribution in [2.75, 3.05) is 5.32 Å². The maximum atomic E-state index is 12.0. The van der Waals surface area contributed by atoms with Crippen LogP contribution in [-0.2, 0) is 6.42 Å². The summed E-state index contributed by atoms with van der Waals surface area (Å²) in [6, 6.07) is 12.0. The van der Waals surface area contributed by atoms with Gasteiger partial charge >= 0.3 is 0 Å². The number of hydrogen-bond acceptors (Lipinski definition) is 2. The molecule has 0 aliphatic heterocycles. The SMILES string of the molecule is CCCCc1ccc(NC(=O)c2ccc(C)s2)cc1. The van der Waals surface area contributed by atoms with Crippen molar-refractivity contribution in [2.24, 2.45) is 0 Å². The van der Waals surface area contributed by atoms with Crippen LogP contribution in [0.3, 0.4) is 0 Å². The Labute approximate surface area is 118 Å². The summed E-state index contributed by atoms with van der Waals surface area (Å²) in [5.41, 5.74) is 2.18. The molecule has 1 amide bonds. The van der Waals surface area contributed by atoms with Crippen LogP contribution in [0.15, 0.2) is 36.4 Å². The smallest absolute Gasteiger partial charge is 0.265 e. The molecule has 0 radical (unpaired) electrons. The molecule has 100 valence electrons. The summed E-state index contributed by atoms with van der Waals surface area (Å²) in [7, 11) is 0. The number of unbranched alkanes of at least 4 members (excludes halogenated alkanes) is 1. The van der Waals surface area contributed by atoms with E-state index in [4.69, 9.17) is 0 Å². The summed E-state index contributed by atoms with van der Waals surface area (Å²) in [5.74, 6) is -0.0283. The number of aryl methyl sites for hydroxylation is 2. The number of anilines is 1. The lowest BCUT2D eigenvalue weighted by atomic mass is 10.1. The fraction of sp³-hybridized carbons (Fsp3) is 0.312. The van der Waals surface area contributed by atoms with Crippen LogP contribution >= 0.6 is 11.3 Å². The van der Waals surface area contributed by atoms with Crippen LogP contribution in [0.2, 0.25) is 0 Å². The zero-order chi connectivity index (χ0) is 13.7. The summed E-state index contributed by atoms with van der Waals surface area (Å²) in [5, 5.41) is 2.93. The molecule has 0 aliphatic rings. The second kappa shape index (κ2) is 6.53. The molecule has 0 unspecified atom stereocenters. The van der Waals surface area contributed by atoms with Gasteiger partial charge in [0.1, 0.15) is 0 Å². The summed E-state index contributed by atoms with van der Waals surface area (Å²) in [6.07, 6.45) is 3.52. The normalized spacial score (nSPS) is 10.4. The molecule has 0 spiro atoms. The van der Waals surface area contributed by atoms with Crippen LogP contribution in [-0.4, -0.2) is 5.91 Å². The van der Waals surface area contributed by atoms with Crippen LogP contribution in [0.5, 0.6) is 0 Å². The second-order valence-electron chi connectivity index (χ2n) is 4.66. The van der Waals surface area contributed by atoms with Crippen molar-refractivity contribution in [1.82, 2.24) is 0 Å². The van der Waals surface area contributed by atoms with E-state index >= 15 is 0 Å². The number of nitrogens with one attached hydrogen (secondary N) is 1. The van der Waals surface area contributed by atoms with Gasteiger partial charge in [-0.3, -0.25) is 4.79 Å². The van der Waals surface area contributed by atoms with E-state index in [1.54, 1.807) is 0 Å². The fourth-order valence-electron chi connectivity index (χ4n) is 1.88. The molecule has 1 N–H and O–H groups in total. The molecule has 1 aromatic heterocycles. The number of amides is 1. The van der Waals surface area contributed by atoms with E-state index in [1.165, 1.54) is 29.7 Å². The van der Waals surface area contributed by atoms with Gasteiger partial charge in [-0.05, 0) is 49.6 Å². The van der Waals surface area contributed by atoms with Gasteiger partial charge < -0.3 is 5.32 Å². The Morgan fingerprint density at radius 3 is 2.47 bits per heavy atom. The first-order valence-corrected chi connectivity index (χ1v) is 7.47. The molecule has 0 bridgehead atoms. The summed E-state index contributed by atoms with van der Waals surface area (Å²) >= 11 is 1.52. The van der Waals surface area contributed by atoms with Crippen molar-refractivity contribution in [2.45, 2.75) is 33.1 Å². The lowest BCUT2D eigenvalue weighted by molar-refractivity contribution is 0.103. The summed E-state index contributed by atoms with van der Waals surface area (Å²) in [6.45, 7) is 4.20. The highest BCUT2D eigenvalue weighted by atomic mass is 32.1. The number of hydrogen-bond donors (Lipinski definition) is 1. The highest BCUT2D eigenvalue weighted by Gasteiger charge is 2.07. The fourth-order valence-corrected chi connectivity index (χ4v) is 2.65. The van der Waals surface area contributed by atoms with Gasteiger partial charge in [0.05, 0.1) is 4.88 Å². The molecule has 0 saturated heterocycles. The minimum Gasteiger partial charge on any atom is -0.321 e. The van der Waals surface area contributed by atoms with E-state index in [9.17, 15) is 4.79 Å². The molecule has 2 rings (SSSR count). The van der Waals surface area contributed by atoms with E-state index in [0.29, 0.717) is 0 Å². The van der Waals surface area contributed by atoms with Crippen molar-refractivity contribution < 1.29 is 4.79 Å². The number of carbonyl (C=O) groups excluding carboxylic acids is 1. The highest BCUT2D eigenvalue weighted by Crippen LogP contribution is 2.18. The van der Waals surface area contributed by atoms with E-state index in [2.05, 4.69) is 24.4 Å². The molecular weight excluding hydrogens is 254 g/mol. The molecule has 2 nitrogen and oxygen atoms in total. The van der Waals surface area contributed by atoms with Gasteiger partial charge in [-0.2, -0.15) is 0 Å². The Morgan fingerprint density at radius 2 is 1.89 bits per heavy atom. The zero-order valence-corrected chi connectivity index (χ0v) is 12.2. The lowest BCUT2D eigenvalue weighted by Crippen LogP contribution is -2.09. The van der Waals surface area contributed by atoms with Gasteiger partial charge in [-0.1, -0.05) is 25.5 Å². The Kier molecular flexibility index (Phi) is 4.74. The van der Waals surface area contributed by atoms with Crippen molar-refractivity contribution in [3.63, 3.8) is 0 Å². The van der Waals surface area contributed by atoms with Gasteiger partial charge in [-0.15, -0.1) is 11.3 Å². The standard InChI is InChI=1S/C16H19NOS/c1-3-4-5-13-7-9-14(10-8-13)17-16(18)15-11-6-12(2)19-15/h6-11H,3-5H2,1-2H3,(H,17,18). The maximum Gasteiger partial charge on any atom is 0.265 e. The zero-order valence-electron chi connectivity index (χ0n) is 11.4. The molecule has 0 fully saturated rings. The van der Waals surface area contributed by atoms with Crippen molar-refractivity contribution in [3.05, 3.63) is 51.7 Å². The van der Waals surface area contributed by atoms with E-state index in [0.717, 1.165) is 21.9 Å². The minimum absolute atomic E-state index is 0.0283. The minimum atomic E-state index is -0.0283. The van der Waals surface area contributed by atoms with Crippen LogP contribution in [0.25, 0.3) is 0 Å². The third kappa shape index (κ3) is 3.93. The van der Waals surface area contributed by atoms with Crippen molar-refractivity contribution in [1.29, 1.82) is 0 Å². The second-order valence-corrected chi connectivity index (χ2v) is 5.95. The van der Waals surface area contributed by atoms with Crippen LogP contribution in [0, 0.1) is 6.92 Å². The summed E-state index contributed by atoms with van der Waals surface area (Å²) in [4.78, 5) is 13.9. The average Bonchev–Trinajstić information content (AvgIpc) is 2.85. The Bertz CT molecular complexity index is 542. The van der Waals surface area contributed by atoms with Crippen molar-refractivity contribution >= 4 is 22.9 Å². The van der Waals surface area contributed by atoms with Gasteiger partial charge in [0.25, 0.3) is 5.91 Å². The largest absolute Gasteiger partial charge is 0.321 e. The molecule has 1 heterocycles. The number of rotatable bonds is 5. The number of benzene rings is 1. The first-order valence-electron chi connectivity index (χ1n) is 6.66. The monoisotopic (exact) mass is 273 g/mol. The molecule has 1 aromatic carbocycles. The van der Waals surface area contributed by atoms with Crippen LogP contribution in [0.1, 0.15) is 39.9 Å². The molecule has 2 aromatic rings. The highest BCUT2D eigenvalue weighted by molar-refractivity contribution is 7.14. The number of thiophene rings is 1. The first-order chi connectivity index (χ1) is 9.19. The van der Waals surface area contributed by atoms with E-state index < -0.39 is 0 Å². The predicted octanol–water partition coefficient (Wildman–Crippen LogP) is 4.65. The third-order valence-corrected chi connectivity index (χ3v) is 3.99. The molecule has 0 atom stereocenters. The predicted molar refractivity (Wildman–Crippen MR) is 82.1 cm³/mol. The van der Waals surface area contributed by atoms with Crippen LogP contribution in [0.4, 0.5) is 5.69 Å². The lowest BCUT2D eigenvalue weighted by Gasteiger charge is -2.05. The Hall–Kier alpha value is -1.61. The van der Waals surface area contributed by atoms with E-state index in [-0.39, 0.29) is 5.91 Å². The van der Waals surface area contributed by atoms with Gasteiger partial charge in [0, 0.05) is 10.6 Å². The first kappa shape index (κ1) is 13.8. The van der Waals surface area contributed by atoms with Gasteiger partial charge in [0.2, 0.25) is 0 Å². The maximum absolute atomic E-state index is 12.0. The third-order valence-electron chi connectivity index (χ3n) is 2.99. The molecule has 3 heteroatoms. The van der Waals surface area contributed by atoms with Crippen molar-refractivity contribution in [3.8, 4) is 0 Å². The van der Waals surface area contributed by atoms with Crippen LogP contribution < -0.4 is 5.32 Å². The van der Waals surface area contributed by atoms with E-state index in [1.807, 2.05) is 31.2 Å².